The van der Waals surface area contributed by atoms with Gasteiger partial charge in [-0.25, -0.2) is 0 Å². The fourth-order valence-corrected chi connectivity index (χ4v) is 3.61. The molecule has 4 rings (SSSR count). The van der Waals surface area contributed by atoms with Gasteiger partial charge < -0.3 is 28.8 Å². The van der Waals surface area contributed by atoms with Crippen LogP contribution in [-0.4, -0.2) is 50.5 Å². The standard InChI is InChI=1S/C28H32O6/c1-3-30-19-34-26-14-8-23(9-15-26)28(21-4-10-24(11-5-21)31-16-20(2)29)22-6-12-25(13-7-22)32-17-27-18-33-27/h4-15,20,27-29H,3,16-19H2,1-2H3. The summed E-state index contributed by atoms with van der Waals surface area (Å²) in [6.07, 6.45) is -0.284. The van der Waals surface area contributed by atoms with E-state index in [9.17, 15) is 5.11 Å². The maximum atomic E-state index is 9.48. The van der Waals surface area contributed by atoms with Gasteiger partial charge in [0.1, 0.15) is 36.6 Å². The highest BCUT2D eigenvalue weighted by atomic mass is 16.7. The van der Waals surface area contributed by atoms with E-state index in [0.717, 1.165) is 40.5 Å². The number of rotatable bonds is 13. The molecule has 1 aliphatic heterocycles. The Morgan fingerprint density at radius 2 is 1.26 bits per heavy atom. The first-order chi connectivity index (χ1) is 16.6. The SMILES string of the molecule is CCOCOc1ccc(C(c2ccc(OCC(C)O)cc2)c2ccc(OCC3CO3)cc2)cc1. The van der Waals surface area contributed by atoms with E-state index in [1.54, 1.807) is 6.92 Å². The maximum Gasteiger partial charge on any atom is 0.189 e. The van der Waals surface area contributed by atoms with Crippen LogP contribution in [0.2, 0.25) is 0 Å². The number of ether oxygens (including phenoxy) is 5. The van der Waals surface area contributed by atoms with Gasteiger partial charge in [0.05, 0.1) is 12.7 Å². The minimum absolute atomic E-state index is 0.0209. The molecular formula is C28H32O6. The lowest BCUT2D eigenvalue weighted by molar-refractivity contribution is 0.0224. The molecule has 6 heteroatoms. The smallest absolute Gasteiger partial charge is 0.189 e. The molecule has 3 atom stereocenters. The second-order valence-corrected chi connectivity index (χ2v) is 8.32. The van der Waals surface area contributed by atoms with E-state index in [4.69, 9.17) is 23.7 Å². The molecule has 1 N–H and O–H groups in total. The average Bonchev–Trinajstić information content (AvgIpc) is 3.69. The Bertz CT molecular complexity index is 945. The van der Waals surface area contributed by atoms with Crippen LogP contribution < -0.4 is 14.2 Å². The lowest BCUT2D eigenvalue weighted by Gasteiger charge is -2.20. The summed E-state index contributed by atoms with van der Waals surface area (Å²) in [4.78, 5) is 0. The molecule has 34 heavy (non-hydrogen) atoms. The molecule has 0 aliphatic carbocycles. The van der Waals surface area contributed by atoms with Gasteiger partial charge in [0.25, 0.3) is 0 Å². The van der Waals surface area contributed by atoms with E-state index in [-0.39, 0.29) is 25.4 Å². The quantitative estimate of drug-likeness (QED) is 0.170. The van der Waals surface area contributed by atoms with Crippen molar-refractivity contribution in [1.82, 2.24) is 0 Å². The Labute approximate surface area is 201 Å². The van der Waals surface area contributed by atoms with Crippen LogP contribution in [0.25, 0.3) is 0 Å². The minimum Gasteiger partial charge on any atom is -0.491 e. The van der Waals surface area contributed by atoms with Crippen molar-refractivity contribution in [1.29, 1.82) is 0 Å². The Morgan fingerprint density at radius 1 is 0.794 bits per heavy atom. The van der Waals surface area contributed by atoms with Crippen molar-refractivity contribution in [2.45, 2.75) is 32.0 Å². The molecule has 3 aromatic carbocycles. The number of hydrogen-bond acceptors (Lipinski definition) is 6. The van der Waals surface area contributed by atoms with E-state index >= 15 is 0 Å². The Morgan fingerprint density at radius 3 is 1.71 bits per heavy atom. The molecule has 0 saturated carbocycles. The normalized spacial score (nSPS) is 16.5. The lowest BCUT2D eigenvalue weighted by Crippen LogP contribution is -2.12. The molecule has 3 aromatic rings. The van der Waals surface area contributed by atoms with Crippen LogP contribution in [0.1, 0.15) is 36.5 Å². The van der Waals surface area contributed by atoms with Gasteiger partial charge in [-0.2, -0.15) is 0 Å². The number of aliphatic hydroxyl groups excluding tert-OH is 1. The topological polar surface area (TPSA) is 69.7 Å². The number of hydrogen-bond donors (Lipinski definition) is 1. The molecular weight excluding hydrogens is 432 g/mol. The third-order valence-corrected chi connectivity index (χ3v) is 5.48. The highest BCUT2D eigenvalue weighted by molar-refractivity contribution is 5.46. The van der Waals surface area contributed by atoms with Crippen molar-refractivity contribution in [2.75, 3.05) is 33.2 Å². The molecule has 0 amide bonds. The van der Waals surface area contributed by atoms with Gasteiger partial charge in [-0.1, -0.05) is 36.4 Å². The predicted octanol–water partition coefficient (Wildman–Crippen LogP) is 4.78. The van der Waals surface area contributed by atoms with Gasteiger partial charge in [0, 0.05) is 12.5 Å². The van der Waals surface area contributed by atoms with Gasteiger partial charge in [0.15, 0.2) is 6.79 Å². The summed E-state index contributed by atoms with van der Waals surface area (Å²) in [5.41, 5.74) is 3.42. The third-order valence-electron chi connectivity index (χ3n) is 5.48. The molecule has 6 nitrogen and oxygen atoms in total. The molecule has 3 unspecified atom stereocenters. The van der Waals surface area contributed by atoms with Crippen molar-refractivity contribution in [3.8, 4) is 17.2 Å². The van der Waals surface area contributed by atoms with Crippen LogP contribution in [-0.2, 0) is 9.47 Å². The molecule has 0 radical (unpaired) electrons. The number of aliphatic hydroxyl groups is 1. The second kappa shape index (κ2) is 11.9. The molecule has 0 bridgehead atoms. The first kappa shape index (κ1) is 24.1. The zero-order chi connectivity index (χ0) is 23.8. The fourth-order valence-electron chi connectivity index (χ4n) is 3.61. The maximum absolute atomic E-state index is 9.48. The number of epoxide rings is 1. The highest BCUT2D eigenvalue weighted by Gasteiger charge is 2.23. The van der Waals surface area contributed by atoms with Gasteiger partial charge >= 0.3 is 0 Å². The van der Waals surface area contributed by atoms with Crippen LogP contribution >= 0.6 is 0 Å². The van der Waals surface area contributed by atoms with Crippen LogP contribution in [0.3, 0.4) is 0 Å². The molecule has 1 saturated heterocycles. The van der Waals surface area contributed by atoms with Crippen molar-refractivity contribution < 1.29 is 28.8 Å². The molecule has 0 spiro atoms. The lowest BCUT2D eigenvalue weighted by atomic mass is 9.85. The molecule has 1 fully saturated rings. The second-order valence-electron chi connectivity index (χ2n) is 8.32. The summed E-state index contributed by atoms with van der Waals surface area (Å²) in [6.45, 7) is 6.12. The predicted molar refractivity (Wildman–Crippen MR) is 130 cm³/mol. The van der Waals surface area contributed by atoms with Crippen LogP contribution in [0.15, 0.2) is 72.8 Å². The van der Waals surface area contributed by atoms with Crippen molar-refractivity contribution >= 4 is 0 Å². The summed E-state index contributed by atoms with van der Waals surface area (Å²) >= 11 is 0. The van der Waals surface area contributed by atoms with Crippen molar-refractivity contribution in [3.63, 3.8) is 0 Å². The van der Waals surface area contributed by atoms with E-state index in [1.807, 2.05) is 43.3 Å². The summed E-state index contributed by atoms with van der Waals surface area (Å²) in [6, 6.07) is 24.3. The molecule has 0 aromatic heterocycles. The summed E-state index contributed by atoms with van der Waals surface area (Å²) in [5, 5.41) is 9.48. The first-order valence-corrected chi connectivity index (χ1v) is 11.7. The minimum atomic E-state index is -0.511. The van der Waals surface area contributed by atoms with Crippen molar-refractivity contribution in [3.05, 3.63) is 89.5 Å². The van der Waals surface area contributed by atoms with E-state index in [0.29, 0.717) is 13.2 Å². The summed E-state index contributed by atoms with van der Waals surface area (Å²) in [5.74, 6) is 2.35. The molecule has 1 aliphatic rings. The van der Waals surface area contributed by atoms with Gasteiger partial charge in [0.2, 0.25) is 0 Å². The Kier molecular flexibility index (Phi) is 8.41. The summed E-state index contributed by atoms with van der Waals surface area (Å²) < 4.78 is 27.6. The zero-order valence-electron chi connectivity index (χ0n) is 19.7. The monoisotopic (exact) mass is 464 g/mol. The average molecular weight is 465 g/mol. The van der Waals surface area contributed by atoms with Crippen LogP contribution in [0.4, 0.5) is 0 Å². The van der Waals surface area contributed by atoms with E-state index in [1.165, 1.54) is 0 Å². The van der Waals surface area contributed by atoms with Crippen molar-refractivity contribution in [2.24, 2.45) is 0 Å². The van der Waals surface area contributed by atoms with Gasteiger partial charge in [-0.05, 0) is 66.9 Å². The van der Waals surface area contributed by atoms with E-state index in [2.05, 4.69) is 36.4 Å². The Hall–Kier alpha value is -3.06. The zero-order valence-corrected chi connectivity index (χ0v) is 19.7. The number of benzene rings is 3. The molecule has 1 heterocycles. The third kappa shape index (κ3) is 6.97. The largest absolute Gasteiger partial charge is 0.491 e. The Balaban J connectivity index is 1.55. The van der Waals surface area contributed by atoms with Gasteiger partial charge in [-0.3, -0.25) is 0 Å². The fraction of sp³-hybridized carbons (Fsp3) is 0.357. The summed E-state index contributed by atoms with van der Waals surface area (Å²) in [7, 11) is 0. The highest BCUT2D eigenvalue weighted by Crippen LogP contribution is 2.34. The van der Waals surface area contributed by atoms with Crippen LogP contribution in [0.5, 0.6) is 17.2 Å². The molecule has 180 valence electrons. The van der Waals surface area contributed by atoms with Crippen LogP contribution in [0, 0.1) is 0 Å². The van der Waals surface area contributed by atoms with Gasteiger partial charge in [-0.15, -0.1) is 0 Å². The first-order valence-electron chi connectivity index (χ1n) is 11.7. The van der Waals surface area contributed by atoms with E-state index < -0.39 is 6.10 Å².